The van der Waals surface area contributed by atoms with Crippen LogP contribution < -0.4 is 0 Å². The number of pyridine rings is 1. The molecule has 1 amide bonds. The molecule has 0 saturated carbocycles. The summed E-state index contributed by atoms with van der Waals surface area (Å²) in [6.45, 7) is 11.7. The summed E-state index contributed by atoms with van der Waals surface area (Å²) in [6, 6.07) is 20.5. The van der Waals surface area contributed by atoms with Crippen molar-refractivity contribution in [3.63, 3.8) is 0 Å². The number of fused-ring (bicyclic) bond motifs is 1. The normalized spacial score (nSPS) is 9.25. The Morgan fingerprint density at radius 3 is 1.88 bits per heavy atom. The Morgan fingerprint density at radius 1 is 0.938 bits per heavy atom. The number of thiophene rings is 1. The zero-order chi connectivity index (χ0) is 24.4. The van der Waals surface area contributed by atoms with Crippen molar-refractivity contribution in [3.05, 3.63) is 78.4 Å². The van der Waals surface area contributed by atoms with Crippen LogP contribution in [0, 0.1) is 0 Å². The van der Waals surface area contributed by atoms with Crippen LogP contribution in [0.1, 0.15) is 34.6 Å². The molecule has 0 N–H and O–H groups in total. The van der Waals surface area contributed by atoms with Crippen LogP contribution in [0.5, 0.6) is 0 Å². The maximum atomic E-state index is 10.1. The summed E-state index contributed by atoms with van der Waals surface area (Å²) in [5.74, 6) is 0.0926. The van der Waals surface area contributed by atoms with Crippen molar-refractivity contribution in [2.75, 3.05) is 20.8 Å². The minimum absolute atomic E-state index is 0.0926. The Hall–Kier alpha value is -2.49. The minimum atomic E-state index is 0.0926. The highest BCUT2D eigenvalue weighted by Crippen LogP contribution is 2.32. The summed E-state index contributed by atoms with van der Waals surface area (Å²) >= 11 is 1.77. The van der Waals surface area contributed by atoms with Gasteiger partial charge in [0.25, 0.3) is 0 Å². The van der Waals surface area contributed by atoms with Crippen LogP contribution in [-0.2, 0) is 4.79 Å². The SMILES string of the molecule is CC.CC.CC(=O)N(C)C.CPn1ccc2c(-c3cccs3)ccnc21.c1ccccc1. The standard InChI is InChI=1S/C12H11N2PS.C6H6.C4H9NO.2C2H6/c1-15-14-7-5-10-9(4-6-13-12(10)14)11-3-2-8-16-11;1-2-4-6-5-3-1;1-4(6)5(2)3;2*1-2/h2-8,15H,1H3;1-6H;1-3H3;2*1-2H3. The highest BCUT2D eigenvalue weighted by Gasteiger charge is 2.08. The molecule has 1 aromatic carbocycles. The van der Waals surface area contributed by atoms with E-state index in [-0.39, 0.29) is 5.91 Å². The van der Waals surface area contributed by atoms with Crippen LogP contribution in [0.4, 0.5) is 0 Å². The van der Waals surface area contributed by atoms with E-state index in [4.69, 9.17) is 0 Å². The predicted octanol–water partition coefficient (Wildman–Crippen LogP) is 7.67. The smallest absolute Gasteiger partial charge is 0.218 e. The van der Waals surface area contributed by atoms with E-state index >= 15 is 0 Å². The summed E-state index contributed by atoms with van der Waals surface area (Å²) in [7, 11) is 4.18. The molecule has 0 radical (unpaired) electrons. The minimum Gasteiger partial charge on any atom is -0.349 e. The summed E-state index contributed by atoms with van der Waals surface area (Å²) in [6.07, 6.45) is 4.02. The number of carbonyl (C=O) groups is 1. The monoisotopic (exact) mass is 471 g/mol. The molecule has 4 aromatic rings. The number of nitrogens with zero attached hydrogens (tertiary/aromatic N) is 3. The first-order valence-electron chi connectivity index (χ1n) is 10.9. The first kappa shape index (κ1) is 29.5. The lowest BCUT2D eigenvalue weighted by molar-refractivity contribution is -0.126. The zero-order valence-electron chi connectivity index (χ0n) is 20.7. The lowest BCUT2D eigenvalue weighted by Crippen LogP contribution is -2.17. The van der Waals surface area contributed by atoms with Gasteiger partial charge in [-0.2, -0.15) is 0 Å². The molecule has 3 heterocycles. The zero-order valence-corrected chi connectivity index (χ0v) is 22.5. The van der Waals surface area contributed by atoms with E-state index in [0.29, 0.717) is 0 Å². The molecular formula is C26H38N3OPS. The summed E-state index contributed by atoms with van der Waals surface area (Å²) in [5.41, 5.74) is 2.38. The Kier molecular flexibility index (Phi) is 16.7. The molecule has 1 unspecified atom stereocenters. The molecule has 4 nitrogen and oxygen atoms in total. The highest BCUT2D eigenvalue weighted by atomic mass is 32.1. The van der Waals surface area contributed by atoms with E-state index in [9.17, 15) is 4.79 Å². The highest BCUT2D eigenvalue weighted by molar-refractivity contribution is 7.35. The number of rotatable bonds is 2. The molecular weight excluding hydrogens is 433 g/mol. The van der Waals surface area contributed by atoms with Crippen molar-refractivity contribution in [2.45, 2.75) is 34.6 Å². The molecule has 0 aliphatic rings. The number of carbonyl (C=O) groups excluding carboxylic acids is 1. The molecule has 0 aliphatic heterocycles. The van der Waals surface area contributed by atoms with E-state index < -0.39 is 0 Å². The van der Waals surface area contributed by atoms with Gasteiger partial charge < -0.3 is 9.24 Å². The Bertz CT molecular complexity index is 941. The van der Waals surface area contributed by atoms with E-state index in [1.807, 2.05) is 70.3 Å². The van der Waals surface area contributed by atoms with Gasteiger partial charge >= 0.3 is 0 Å². The molecule has 4 rings (SSSR count). The predicted molar refractivity (Wildman–Crippen MR) is 146 cm³/mol. The molecule has 0 saturated heterocycles. The molecule has 3 aromatic heterocycles. The van der Waals surface area contributed by atoms with Gasteiger partial charge in [0.1, 0.15) is 5.65 Å². The van der Waals surface area contributed by atoms with Crippen molar-refractivity contribution in [2.24, 2.45) is 0 Å². The van der Waals surface area contributed by atoms with Gasteiger partial charge in [-0.05, 0) is 39.0 Å². The average Bonchev–Trinajstić information content (AvgIpc) is 3.53. The molecule has 0 aliphatic carbocycles. The van der Waals surface area contributed by atoms with E-state index in [1.165, 1.54) is 27.7 Å². The molecule has 6 heteroatoms. The Labute approximate surface area is 200 Å². The topological polar surface area (TPSA) is 38.1 Å². The van der Waals surface area contributed by atoms with Crippen LogP contribution >= 0.6 is 20.1 Å². The maximum Gasteiger partial charge on any atom is 0.218 e. The summed E-state index contributed by atoms with van der Waals surface area (Å²) in [4.78, 5) is 17.4. The third-order valence-electron chi connectivity index (χ3n) is 3.91. The first-order valence-corrected chi connectivity index (χ1v) is 13.2. The third-order valence-corrected chi connectivity index (χ3v) is 5.66. The summed E-state index contributed by atoms with van der Waals surface area (Å²) in [5, 5.41) is 3.36. The second kappa shape index (κ2) is 18.1. The lowest BCUT2D eigenvalue weighted by Gasteiger charge is -2.02. The molecule has 0 spiro atoms. The largest absolute Gasteiger partial charge is 0.349 e. The van der Waals surface area contributed by atoms with Crippen LogP contribution in [0.3, 0.4) is 0 Å². The molecule has 1 atom stereocenters. The van der Waals surface area contributed by atoms with Gasteiger partial charge in [0.05, 0.1) is 0 Å². The van der Waals surface area contributed by atoms with Gasteiger partial charge in [-0.25, -0.2) is 4.98 Å². The fourth-order valence-corrected chi connectivity index (χ4v) is 3.63. The molecule has 174 valence electrons. The van der Waals surface area contributed by atoms with Crippen LogP contribution in [0.2, 0.25) is 0 Å². The molecule has 0 fully saturated rings. The van der Waals surface area contributed by atoms with Gasteiger partial charge in [0.15, 0.2) is 0 Å². The van der Waals surface area contributed by atoms with Crippen molar-refractivity contribution >= 4 is 37.0 Å². The van der Waals surface area contributed by atoms with Crippen LogP contribution in [0.25, 0.3) is 21.5 Å². The second-order valence-corrected chi connectivity index (χ2v) is 7.93. The first-order chi connectivity index (χ1) is 15.5. The van der Waals surface area contributed by atoms with Crippen LogP contribution in [0.15, 0.2) is 78.4 Å². The van der Waals surface area contributed by atoms with Gasteiger partial charge in [-0.15, -0.1) is 11.3 Å². The van der Waals surface area contributed by atoms with E-state index in [2.05, 4.69) is 51.8 Å². The number of aromatic nitrogens is 2. The molecule has 0 bridgehead atoms. The average molecular weight is 472 g/mol. The second-order valence-electron chi connectivity index (χ2n) is 6.05. The summed E-state index contributed by atoms with van der Waals surface area (Å²) < 4.78 is 2.20. The maximum absolute atomic E-state index is 10.1. The Morgan fingerprint density at radius 2 is 1.47 bits per heavy atom. The van der Waals surface area contributed by atoms with Crippen molar-refractivity contribution in [1.29, 1.82) is 0 Å². The third kappa shape index (κ3) is 10.2. The van der Waals surface area contributed by atoms with Gasteiger partial charge in [-0.1, -0.05) is 70.2 Å². The van der Waals surface area contributed by atoms with Gasteiger partial charge in [0.2, 0.25) is 5.91 Å². The number of amides is 1. The molecule has 32 heavy (non-hydrogen) atoms. The van der Waals surface area contributed by atoms with Crippen molar-refractivity contribution < 1.29 is 4.79 Å². The van der Waals surface area contributed by atoms with E-state index in [0.717, 1.165) is 14.4 Å². The lowest BCUT2D eigenvalue weighted by atomic mass is 10.1. The number of benzene rings is 1. The van der Waals surface area contributed by atoms with E-state index in [1.54, 1.807) is 25.4 Å². The van der Waals surface area contributed by atoms with Crippen molar-refractivity contribution in [3.8, 4) is 10.4 Å². The number of hydrogen-bond acceptors (Lipinski definition) is 3. The quantitative estimate of drug-likeness (QED) is 0.281. The van der Waals surface area contributed by atoms with Gasteiger partial charge in [0, 0.05) is 49.2 Å². The number of hydrogen-bond donors (Lipinski definition) is 0. The van der Waals surface area contributed by atoms with Gasteiger partial charge in [-0.3, -0.25) is 4.79 Å². The van der Waals surface area contributed by atoms with Crippen LogP contribution in [-0.4, -0.2) is 40.9 Å². The van der Waals surface area contributed by atoms with Crippen molar-refractivity contribution in [1.82, 2.24) is 14.2 Å². The fourth-order valence-electron chi connectivity index (χ4n) is 2.25. The fraction of sp³-hybridized carbons (Fsp3) is 0.308. The Balaban J connectivity index is 0.000000501.